The van der Waals surface area contributed by atoms with Crippen molar-refractivity contribution in [3.63, 3.8) is 0 Å². The van der Waals surface area contributed by atoms with Gasteiger partial charge < -0.3 is 10.3 Å². The molecule has 0 amide bonds. The second-order valence-corrected chi connectivity index (χ2v) is 5.08. The molecule has 1 aliphatic heterocycles. The van der Waals surface area contributed by atoms with Crippen LogP contribution in [0, 0.1) is 6.92 Å². The van der Waals surface area contributed by atoms with Crippen LogP contribution in [0.2, 0.25) is 0 Å². The van der Waals surface area contributed by atoms with E-state index in [2.05, 4.69) is 57.4 Å². The van der Waals surface area contributed by atoms with E-state index in [1.165, 1.54) is 11.3 Å². The van der Waals surface area contributed by atoms with Gasteiger partial charge in [-0.15, -0.1) is 0 Å². The summed E-state index contributed by atoms with van der Waals surface area (Å²) in [5.74, 6) is 0. The van der Waals surface area contributed by atoms with Crippen molar-refractivity contribution in [1.29, 1.82) is 0 Å². The lowest BCUT2D eigenvalue weighted by Crippen LogP contribution is -2.45. The van der Waals surface area contributed by atoms with E-state index in [1.807, 2.05) is 0 Å². The quantitative estimate of drug-likeness (QED) is 0.881. The number of piperazine rings is 1. The summed E-state index contributed by atoms with van der Waals surface area (Å²) in [6, 6.07) is 11.2. The molecule has 1 saturated heterocycles. The lowest BCUT2D eigenvalue weighted by molar-refractivity contribution is 0.152. The monoisotopic (exact) mass is 256 g/mol. The van der Waals surface area contributed by atoms with Gasteiger partial charge >= 0.3 is 0 Å². The molecule has 0 bridgehead atoms. The molecule has 1 aromatic carbocycles. The van der Waals surface area contributed by atoms with Gasteiger partial charge in [-0.25, -0.2) is 4.98 Å². The van der Waals surface area contributed by atoms with E-state index in [0.717, 1.165) is 31.9 Å². The van der Waals surface area contributed by atoms with Gasteiger partial charge in [-0.2, -0.15) is 0 Å². The fourth-order valence-electron chi connectivity index (χ4n) is 2.68. The average Bonchev–Trinajstić information content (AvgIpc) is 2.86. The molecule has 0 saturated carbocycles. The number of benzene rings is 1. The Labute approximate surface area is 113 Å². The van der Waals surface area contributed by atoms with Crippen molar-refractivity contribution < 1.29 is 0 Å². The molecule has 2 heterocycles. The van der Waals surface area contributed by atoms with E-state index >= 15 is 0 Å². The zero-order valence-corrected chi connectivity index (χ0v) is 11.3. The Bertz CT molecular complexity index is 520. The van der Waals surface area contributed by atoms with Gasteiger partial charge in [0.15, 0.2) is 0 Å². The first-order valence-corrected chi connectivity index (χ1v) is 6.83. The van der Waals surface area contributed by atoms with Crippen molar-refractivity contribution in [2.45, 2.75) is 19.5 Å². The van der Waals surface area contributed by atoms with Crippen molar-refractivity contribution >= 4 is 0 Å². The Hall–Kier alpha value is -1.65. The highest BCUT2D eigenvalue weighted by Gasteiger charge is 2.24. The number of aromatic amines is 1. The minimum absolute atomic E-state index is 0.436. The molecule has 1 aliphatic rings. The van der Waals surface area contributed by atoms with Gasteiger partial charge in [0.2, 0.25) is 0 Å². The predicted octanol–water partition coefficient (Wildman–Crippen LogP) is 1.86. The highest BCUT2D eigenvalue weighted by Crippen LogP contribution is 2.23. The fourth-order valence-corrected chi connectivity index (χ4v) is 2.68. The number of aromatic nitrogens is 2. The number of rotatable bonds is 3. The highest BCUT2D eigenvalue weighted by atomic mass is 15.2. The zero-order valence-electron chi connectivity index (χ0n) is 11.3. The summed E-state index contributed by atoms with van der Waals surface area (Å²) in [5.41, 5.74) is 3.70. The zero-order chi connectivity index (χ0) is 13.1. The number of imidazole rings is 1. The Morgan fingerprint density at radius 3 is 2.89 bits per heavy atom. The second kappa shape index (κ2) is 5.55. The maximum absolute atomic E-state index is 4.42. The van der Waals surface area contributed by atoms with Gasteiger partial charge in [0.25, 0.3) is 0 Å². The summed E-state index contributed by atoms with van der Waals surface area (Å²) in [4.78, 5) is 10.1. The third kappa shape index (κ3) is 2.69. The second-order valence-electron chi connectivity index (χ2n) is 5.08. The summed E-state index contributed by atoms with van der Waals surface area (Å²) < 4.78 is 0. The third-order valence-electron chi connectivity index (χ3n) is 3.83. The van der Waals surface area contributed by atoms with Crippen molar-refractivity contribution in [3.05, 3.63) is 53.6 Å². The molecule has 1 aromatic heterocycles. The first kappa shape index (κ1) is 12.4. The molecular formula is C15H20N4. The first-order chi connectivity index (χ1) is 9.34. The van der Waals surface area contributed by atoms with E-state index in [9.17, 15) is 0 Å². The van der Waals surface area contributed by atoms with E-state index in [-0.39, 0.29) is 0 Å². The van der Waals surface area contributed by atoms with Crippen molar-refractivity contribution in [3.8, 4) is 0 Å². The number of nitrogens with zero attached hydrogens (tertiary/aromatic N) is 2. The molecule has 3 rings (SSSR count). The molecule has 0 spiro atoms. The SMILES string of the molecule is Cc1[nH]cnc1CN1CCNCC1c1ccccc1. The largest absolute Gasteiger partial charge is 0.348 e. The summed E-state index contributed by atoms with van der Waals surface area (Å²) in [5, 5.41) is 3.49. The maximum Gasteiger partial charge on any atom is 0.0925 e. The van der Waals surface area contributed by atoms with Crippen LogP contribution in [0.5, 0.6) is 0 Å². The van der Waals surface area contributed by atoms with Crippen LogP contribution in [0.25, 0.3) is 0 Å². The smallest absolute Gasteiger partial charge is 0.0925 e. The van der Waals surface area contributed by atoms with E-state index in [0.29, 0.717) is 6.04 Å². The highest BCUT2D eigenvalue weighted by molar-refractivity contribution is 5.20. The third-order valence-corrected chi connectivity index (χ3v) is 3.83. The Morgan fingerprint density at radius 2 is 2.16 bits per heavy atom. The maximum atomic E-state index is 4.42. The van der Waals surface area contributed by atoms with Crippen LogP contribution in [-0.4, -0.2) is 34.5 Å². The van der Waals surface area contributed by atoms with Gasteiger partial charge in [0.05, 0.1) is 12.0 Å². The van der Waals surface area contributed by atoms with Crippen LogP contribution in [0.4, 0.5) is 0 Å². The van der Waals surface area contributed by atoms with Crippen LogP contribution in [0.15, 0.2) is 36.7 Å². The molecule has 0 aliphatic carbocycles. The molecule has 0 radical (unpaired) electrons. The Balaban J connectivity index is 1.80. The Kier molecular flexibility index (Phi) is 3.62. The summed E-state index contributed by atoms with van der Waals surface area (Å²) in [7, 11) is 0. The van der Waals surface area contributed by atoms with E-state index < -0.39 is 0 Å². The van der Waals surface area contributed by atoms with Gasteiger partial charge in [0.1, 0.15) is 0 Å². The molecule has 4 heteroatoms. The van der Waals surface area contributed by atoms with Crippen LogP contribution in [-0.2, 0) is 6.54 Å². The standard InChI is InChI=1S/C15H20N4/c1-12-14(18-11-17-12)10-19-8-7-16-9-15(19)13-5-3-2-4-6-13/h2-6,11,15-16H,7-10H2,1H3,(H,17,18). The molecule has 2 N–H and O–H groups in total. The van der Waals surface area contributed by atoms with E-state index in [4.69, 9.17) is 0 Å². The number of H-pyrrole nitrogens is 1. The molecule has 2 aromatic rings. The van der Waals surface area contributed by atoms with Crippen LogP contribution < -0.4 is 5.32 Å². The molecule has 100 valence electrons. The van der Waals surface area contributed by atoms with Crippen LogP contribution >= 0.6 is 0 Å². The minimum atomic E-state index is 0.436. The van der Waals surface area contributed by atoms with E-state index in [1.54, 1.807) is 6.33 Å². The van der Waals surface area contributed by atoms with Crippen molar-refractivity contribution in [2.75, 3.05) is 19.6 Å². The van der Waals surface area contributed by atoms with Crippen LogP contribution in [0.3, 0.4) is 0 Å². The van der Waals surface area contributed by atoms with Crippen molar-refractivity contribution in [1.82, 2.24) is 20.2 Å². The van der Waals surface area contributed by atoms with Gasteiger partial charge in [-0.1, -0.05) is 30.3 Å². The molecular weight excluding hydrogens is 236 g/mol. The number of nitrogens with one attached hydrogen (secondary N) is 2. The minimum Gasteiger partial charge on any atom is -0.348 e. The number of hydrogen-bond acceptors (Lipinski definition) is 3. The number of hydrogen-bond donors (Lipinski definition) is 2. The fraction of sp³-hybridized carbons (Fsp3) is 0.400. The molecule has 1 atom stereocenters. The predicted molar refractivity (Wildman–Crippen MR) is 75.8 cm³/mol. The summed E-state index contributed by atoms with van der Waals surface area (Å²) >= 11 is 0. The van der Waals surface area contributed by atoms with Gasteiger partial charge in [0, 0.05) is 37.9 Å². The number of aryl methyl sites for hydroxylation is 1. The Morgan fingerprint density at radius 1 is 1.32 bits per heavy atom. The van der Waals surface area contributed by atoms with Crippen LogP contribution in [0.1, 0.15) is 23.0 Å². The average molecular weight is 256 g/mol. The van der Waals surface area contributed by atoms with Gasteiger partial charge in [-0.3, -0.25) is 4.90 Å². The molecule has 1 unspecified atom stereocenters. The van der Waals surface area contributed by atoms with Gasteiger partial charge in [-0.05, 0) is 12.5 Å². The molecule has 19 heavy (non-hydrogen) atoms. The first-order valence-electron chi connectivity index (χ1n) is 6.83. The lowest BCUT2D eigenvalue weighted by Gasteiger charge is -2.36. The molecule has 4 nitrogen and oxygen atoms in total. The normalized spacial score (nSPS) is 20.6. The molecule has 1 fully saturated rings. The lowest BCUT2D eigenvalue weighted by atomic mass is 10.0. The summed E-state index contributed by atoms with van der Waals surface area (Å²) in [6.45, 7) is 6.12. The summed E-state index contributed by atoms with van der Waals surface area (Å²) in [6.07, 6.45) is 1.78. The topological polar surface area (TPSA) is 44.0 Å². The van der Waals surface area contributed by atoms with Crippen molar-refractivity contribution in [2.24, 2.45) is 0 Å².